The maximum atomic E-state index is 12.7. The number of carbonyl (C=O) groups is 1. The summed E-state index contributed by atoms with van der Waals surface area (Å²) in [6.07, 6.45) is 3.53. The minimum absolute atomic E-state index is 0.00209. The quantitative estimate of drug-likeness (QED) is 0.911. The molecule has 1 saturated heterocycles. The van der Waals surface area contributed by atoms with E-state index in [-0.39, 0.29) is 17.4 Å². The van der Waals surface area contributed by atoms with Crippen molar-refractivity contribution >= 4 is 27.3 Å². The molecule has 2 heterocycles. The SMILES string of the molecule is Cc1ccc(S(=O)(=O)N2CCC[C@H](C(=O)NC3(C)CC3)C2)s1. The van der Waals surface area contributed by atoms with E-state index in [4.69, 9.17) is 0 Å². The van der Waals surface area contributed by atoms with Crippen LogP contribution in [0.1, 0.15) is 37.5 Å². The van der Waals surface area contributed by atoms with Gasteiger partial charge < -0.3 is 5.32 Å². The molecule has 0 unspecified atom stereocenters. The maximum Gasteiger partial charge on any atom is 0.252 e. The van der Waals surface area contributed by atoms with Gasteiger partial charge in [-0.15, -0.1) is 11.3 Å². The molecular weight excluding hydrogens is 320 g/mol. The lowest BCUT2D eigenvalue weighted by Crippen LogP contribution is -2.47. The fourth-order valence-corrected chi connectivity index (χ4v) is 5.73. The second-order valence-electron chi connectivity index (χ2n) is 6.62. The first-order valence-electron chi connectivity index (χ1n) is 7.69. The van der Waals surface area contributed by atoms with Crippen LogP contribution in [0.5, 0.6) is 0 Å². The lowest BCUT2D eigenvalue weighted by molar-refractivity contribution is -0.126. The third-order valence-electron chi connectivity index (χ3n) is 4.49. The van der Waals surface area contributed by atoms with E-state index in [1.165, 1.54) is 15.6 Å². The molecule has 1 N–H and O–H groups in total. The lowest BCUT2D eigenvalue weighted by Gasteiger charge is -2.31. The number of piperidine rings is 1. The second-order valence-corrected chi connectivity index (χ2v) is 10.1. The summed E-state index contributed by atoms with van der Waals surface area (Å²) >= 11 is 1.29. The van der Waals surface area contributed by atoms with E-state index < -0.39 is 10.0 Å². The van der Waals surface area contributed by atoms with Gasteiger partial charge >= 0.3 is 0 Å². The van der Waals surface area contributed by atoms with Crippen LogP contribution >= 0.6 is 11.3 Å². The average Bonchev–Trinajstić information content (AvgIpc) is 3.02. The zero-order chi connectivity index (χ0) is 16.0. The molecule has 3 rings (SSSR count). The van der Waals surface area contributed by atoms with Crippen molar-refractivity contribution in [1.29, 1.82) is 0 Å². The molecule has 0 spiro atoms. The minimum atomic E-state index is -3.46. The highest BCUT2D eigenvalue weighted by Crippen LogP contribution is 2.35. The highest BCUT2D eigenvalue weighted by Gasteiger charge is 2.41. The average molecular weight is 342 g/mol. The van der Waals surface area contributed by atoms with Gasteiger partial charge in [-0.05, 0) is 51.7 Å². The molecule has 1 aromatic heterocycles. The molecule has 1 amide bonds. The van der Waals surface area contributed by atoms with Crippen LogP contribution in [0.25, 0.3) is 0 Å². The van der Waals surface area contributed by atoms with Gasteiger partial charge in [-0.2, -0.15) is 4.31 Å². The fourth-order valence-electron chi connectivity index (χ4n) is 2.76. The van der Waals surface area contributed by atoms with Gasteiger partial charge in [0.2, 0.25) is 5.91 Å². The Labute approximate surface area is 135 Å². The van der Waals surface area contributed by atoms with E-state index in [2.05, 4.69) is 5.32 Å². The van der Waals surface area contributed by atoms with Crippen LogP contribution in [0.3, 0.4) is 0 Å². The van der Waals surface area contributed by atoms with Gasteiger partial charge in [0.25, 0.3) is 10.0 Å². The van der Waals surface area contributed by atoms with E-state index in [0.29, 0.717) is 17.3 Å². The first-order valence-corrected chi connectivity index (χ1v) is 9.94. The molecule has 1 aromatic rings. The summed E-state index contributed by atoms with van der Waals surface area (Å²) in [7, 11) is -3.46. The molecule has 0 radical (unpaired) electrons. The van der Waals surface area contributed by atoms with Crippen molar-refractivity contribution in [3.05, 3.63) is 17.0 Å². The second kappa shape index (κ2) is 5.62. The van der Waals surface area contributed by atoms with Gasteiger partial charge in [-0.1, -0.05) is 0 Å². The Balaban J connectivity index is 1.71. The van der Waals surface area contributed by atoms with Crippen molar-refractivity contribution < 1.29 is 13.2 Å². The van der Waals surface area contributed by atoms with Crippen molar-refractivity contribution in [3.8, 4) is 0 Å². The normalized spacial score (nSPS) is 24.9. The number of sulfonamides is 1. The first kappa shape index (κ1) is 16.0. The highest BCUT2D eigenvalue weighted by atomic mass is 32.2. The van der Waals surface area contributed by atoms with Crippen molar-refractivity contribution in [2.24, 2.45) is 5.92 Å². The molecular formula is C15H22N2O3S2. The Morgan fingerprint density at radius 3 is 2.73 bits per heavy atom. The summed E-state index contributed by atoms with van der Waals surface area (Å²) < 4.78 is 27.2. The molecule has 1 aliphatic carbocycles. The van der Waals surface area contributed by atoms with Gasteiger partial charge in [0.15, 0.2) is 0 Å². The van der Waals surface area contributed by atoms with Gasteiger partial charge in [0, 0.05) is 23.5 Å². The molecule has 1 saturated carbocycles. The number of aryl methyl sites for hydroxylation is 1. The van der Waals surface area contributed by atoms with Gasteiger partial charge in [0.1, 0.15) is 4.21 Å². The van der Waals surface area contributed by atoms with Crippen molar-refractivity contribution in [2.45, 2.75) is 49.3 Å². The monoisotopic (exact) mass is 342 g/mol. The largest absolute Gasteiger partial charge is 0.351 e. The number of rotatable bonds is 4. The summed E-state index contributed by atoms with van der Waals surface area (Å²) in [5, 5.41) is 3.06. The van der Waals surface area contributed by atoms with E-state index in [9.17, 15) is 13.2 Å². The topological polar surface area (TPSA) is 66.5 Å². The first-order chi connectivity index (χ1) is 10.3. The number of hydrogen-bond acceptors (Lipinski definition) is 4. The van der Waals surface area contributed by atoms with Gasteiger partial charge in [-0.3, -0.25) is 4.79 Å². The molecule has 7 heteroatoms. The maximum absolute atomic E-state index is 12.7. The molecule has 122 valence electrons. The molecule has 2 aliphatic rings. The van der Waals surface area contributed by atoms with Crippen molar-refractivity contribution in [3.63, 3.8) is 0 Å². The number of nitrogens with zero attached hydrogens (tertiary/aromatic N) is 1. The summed E-state index contributed by atoms with van der Waals surface area (Å²) in [6.45, 7) is 4.73. The zero-order valence-corrected chi connectivity index (χ0v) is 14.6. The van der Waals surface area contributed by atoms with Crippen LogP contribution in [-0.4, -0.2) is 37.3 Å². The third kappa shape index (κ3) is 3.21. The number of thiophene rings is 1. The van der Waals surface area contributed by atoms with Crippen molar-refractivity contribution in [1.82, 2.24) is 9.62 Å². The molecule has 1 aliphatic heterocycles. The highest BCUT2D eigenvalue weighted by molar-refractivity contribution is 7.91. The number of amides is 1. The standard InChI is InChI=1S/C15H22N2O3S2/c1-11-5-6-13(21-11)22(19,20)17-9-3-4-12(10-17)14(18)16-15(2)7-8-15/h5-6,12H,3-4,7-10H2,1-2H3,(H,16,18)/t12-/m0/s1. The smallest absolute Gasteiger partial charge is 0.252 e. The van der Waals surface area contributed by atoms with Crippen LogP contribution in [-0.2, 0) is 14.8 Å². The zero-order valence-electron chi connectivity index (χ0n) is 13.0. The predicted molar refractivity (Wildman–Crippen MR) is 86.3 cm³/mol. The van der Waals surface area contributed by atoms with Crippen LogP contribution < -0.4 is 5.32 Å². The summed E-state index contributed by atoms with van der Waals surface area (Å²) in [5.41, 5.74) is -0.0525. The third-order valence-corrected chi connectivity index (χ3v) is 7.82. The predicted octanol–water partition coefficient (Wildman–Crippen LogP) is 2.13. The van der Waals surface area contributed by atoms with Crippen LogP contribution in [0.2, 0.25) is 0 Å². The van der Waals surface area contributed by atoms with Crippen LogP contribution in [0, 0.1) is 12.8 Å². The van der Waals surface area contributed by atoms with Gasteiger partial charge in [0.05, 0.1) is 5.92 Å². The summed E-state index contributed by atoms with van der Waals surface area (Å²) in [5.74, 6) is -0.232. The molecule has 1 atom stereocenters. The minimum Gasteiger partial charge on any atom is -0.351 e. The van der Waals surface area contributed by atoms with Gasteiger partial charge in [-0.25, -0.2) is 8.42 Å². The Morgan fingerprint density at radius 1 is 1.41 bits per heavy atom. The Hall–Kier alpha value is -0.920. The van der Waals surface area contributed by atoms with E-state index >= 15 is 0 Å². The number of nitrogens with one attached hydrogen (secondary N) is 1. The van der Waals surface area contributed by atoms with E-state index in [1.54, 1.807) is 6.07 Å². The van der Waals surface area contributed by atoms with E-state index in [0.717, 1.165) is 30.6 Å². The molecule has 2 fully saturated rings. The number of hydrogen-bond donors (Lipinski definition) is 1. The summed E-state index contributed by atoms with van der Waals surface area (Å²) in [6, 6.07) is 3.48. The van der Waals surface area contributed by atoms with Crippen LogP contribution in [0.15, 0.2) is 16.3 Å². The Bertz CT molecular complexity index is 677. The van der Waals surface area contributed by atoms with Crippen molar-refractivity contribution in [2.75, 3.05) is 13.1 Å². The molecule has 5 nitrogen and oxygen atoms in total. The molecule has 22 heavy (non-hydrogen) atoms. The van der Waals surface area contributed by atoms with E-state index in [1.807, 2.05) is 19.9 Å². The summed E-state index contributed by atoms with van der Waals surface area (Å²) in [4.78, 5) is 13.3. The molecule has 0 bridgehead atoms. The van der Waals surface area contributed by atoms with Crippen LogP contribution in [0.4, 0.5) is 0 Å². The lowest BCUT2D eigenvalue weighted by atomic mass is 9.98. The Morgan fingerprint density at radius 2 is 2.14 bits per heavy atom. The Kier molecular flexibility index (Phi) is 4.07. The molecule has 0 aromatic carbocycles. The fraction of sp³-hybridized carbons (Fsp3) is 0.667. The number of carbonyl (C=O) groups excluding carboxylic acids is 1.